The summed E-state index contributed by atoms with van der Waals surface area (Å²) >= 11 is 0. The molecule has 0 aromatic heterocycles. The molecular formula is C14H22O. The van der Waals surface area contributed by atoms with Crippen LogP contribution in [-0.4, -0.2) is 11.2 Å². The molecular weight excluding hydrogens is 184 g/mol. The Kier molecular flexibility index (Phi) is 3.92. The quantitative estimate of drug-likeness (QED) is 0.803. The fraction of sp³-hybridized carbons (Fsp3) is 0.571. The van der Waals surface area contributed by atoms with Gasteiger partial charge in [-0.3, -0.25) is 0 Å². The molecule has 0 saturated carbocycles. The lowest BCUT2D eigenvalue weighted by Gasteiger charge is -2.23. The van der Waals surface area contributed by atoms with Crippen LogP contribution in [0.25, 0.3) is 0 Å². The zero-order valence-corrected chi connectivity index (χ0v) is 10.4. The second kappa shape index (κ2) is 4.80. The summed E-state index contributed by atoms with van der Waals surface area (Å²) < 4.78 is 0. The lowest BCUT2D eigenvalue weighted by molar-refractivity contribution is 0.102. The maximum absolute atomic E-state index is 10.0. The van der Waals surface area contributed by atoms with E-state index in [2.05, 4.69) is 52.8 Å². The van der Waals surface area contributed by atoms with Crippen LogP contribution in [0.5, 0.6) is 0 Å². The van der Waals surface area contributed by atoms with Crippen molar-refractivity contribution in [2.75, 3.05) is 0 Å². The molecule has 1 rings (SSSR count). The highest BCUT2D eigenvalue weighted by Crippen LogP contribution is 2.25. The second-order valence-corrected chi connectivity index (χ2v) is 4.94. The second-order valence-electron chi connectivity index (χ2n) is 4.94. The molecule has 0 spiro atoms. The number of aryl methyl sites for hydroxylation is 2. The average Bonchev–Trinajstić information content (AvgIpc) is 2.13. The van der Waals surface area contributed by atoms with Crippen molar-refractivity contribution in [2.45, 2.75) is 46.6 Å². The number of rotatable bonds is 3. The largest absolute Gasteiger partial charge is 0.392 e. The van der Waals surface area contributed by atoms with Gasteiger partial charge in [0.1, 0.15) is 0 Å². The highest BCUT2D eigenvalue weighted by atomic mass is 16.3. The van der Waals surface area contributed by atoms with Gasteiger partial charge in [-0.1, -0.05) is 50.1 Å². The smallest absolute Gasteiger partial charge is 0.0628 e. The zero-order valence-electron chi connectivity index (χ0n) is 10.4. The van der Waals surface area contributed by atoms with Crippen LogP contribution >= 0.6 is 0 Å². The number of hydrogen-bond donors (Lipinski definition) is 1. The summed E-state index contributed by atoms with van der Waals surface area (Å²) in [5, 5.41) is 10.0. The van der Waals surface area contributed by atoms with Crippen LogP contribution in [0.2, 0.25) is 0 Å². The van der Waals surface area contributed by atoms with Gasteiger partial charge in [-0.05, 0) is 25.3 Å². The summed E-state index contributed by atoms with van der Waals surface area (Å²) in [5.74, 6) is 0.518. The van der Waals surface area contributed by atoms with E-state index in [1.807, 2.05) is 0 Å². The first-order chi connectivity index (χ1) is 6.91. The summed E-state index contributed by atoms with van der Waals surface area (Å²) in [7, 11) is 0. The molecule has 0 heterocycles. The molecule has 2 unspecified atom stereocenters. The number of aliphatic hydroxyl groups is 1. The minimum atomic E-state index is -0.258. The first-order valence-corrected chi connectivity index (χ1v) is 5.68. The molecule has 0 bridgehead atoms. The maximum Gasteiger partial charge on any atom is 0.0628 e. The van der Waals surface area contributed by atoms with Crippen molar-refractivity contribution in [3.8, 4) is 0 Å². The van der Waals surface area contributed by atoms with E-state index in [1.54, 1.807) is 0 Å². The number of benzene rings is 1. The molecule has 1 N–H and O–H groups in total. The monoisotopic (exact) mass is 206 g/mol. The van der Waals surface area contributed by atoms with Gasteiger partial charge in [-0.2, -0.15) is 0 Å². The van der Waals surface area contributed by atoms with E-state index in [0.717, 1.165) is 0 Å². The molecule has 0 radical (unpaired) electrons. The third-order valence-electron chi connectivity index (χ3n) is 2.97. The van der Waals surface area contributed by atoms with Gasteiger partial charge in [0.2, 0.25) is 0 Å². The lowest BCUT2D eigenvalue weighted by atomic mass is 9.87. The van der Waals surface area contributed by atoms with Gasteiger partial charge < -0.3 is 5.11 Å². The van der Waals surface area contributed by atoms with Gasteiger partial charge in [0.05, 0.1) is 6.10 Å². The normalized spacial score (nSPS) is 15.4. The fourth-order valence-electron chi connectivity index (χ4n) is 2.05. The van der Waals surface area contributed by atoms with Crippen LogP contribution in [0.3, 0.4) is 0 Å². The van der Waals surface area contributed by atoms with Crippen LogP contribution in [0, 0.1) is 19.8 Å². The lowest BCUT2D eigenvalue weighted by Crippen LogP contribution is -2.22. The molecule has 1 nitrogen and oxygen atoms in total. The summed E-state index contributed by atoms with van der Waals surface area (Å²) in [4.78, 5) is 0. The SMILES string of the molecule is Cc1cc(C)cc(C(C)C(O)C(C)C)c1. The van der Waals surface area contributed by atoms with E-state index in [1.165, 1.54) is 16.7 Å². The van der Waals surface area contributed by atoms with Crippen molar-refractivity contribution in [1.82, 2.24) is 0 Å². The van der Waals surface area contributed by atoms with E-state index in [9.17, 15) is 5.11 Å². The molecule has 0 saturated heterocycles. The third kappa shape index (κ3) is 3.07. The Morgan fingerprint density at radius 2 is 1.40 bits per heavy atom. The van der Waals surface area contributed by atoms with Crippen LogP contribution in [0.4, 0.5) is 0 Å². The first-order valence-electron chi connectivity index (χ1n) is 5.68. The summed E-state index contributed by atoms with van der Waals surface area (Å²) in [5.41, 5.74) is 3.79. The Bertz CT molecular complexity index is 308. The summed E-state index contributed by atoms with van der Waals surface area (Å²) in [6.45, 7) is 10.4. The minimum absolute atomic E-state index is 0.212. The van der Waals surface area contributed by atoms with E-state index in [-0.39, 0.29) is 12.0 Å². The molecule has 0 aliphatic heterocycles. The molecule has 2 atom stereocenters. The highest BCUT2D eigenvalue weighted by Gasteiger charge is 2.19. The van der Waals surface area contributed by atoms with Crippen molar-refractivity contribution in [3.05, 3.63) is 34.9 Å². The third-order valence-corrected chi connectivity index (χ3v) is 2.97. The topological polar surface area (TPSA) is 20.2 Å². The predicted molar refractivity (Wildman–Crippen MR) is 65.2 cm³/mol. The van der Waals surface area contributed by atoms with Crippen molar-refractivity contribution < 1.29 is 5.11 Å². The molecule has 84 valence electrons. The van der Waals surface area contributed by atoms with E-state index < -0.39 is 0 Å². The Balaban J connectivity index is 2.95. The summed E-state index contributed by atoms with van der Waals surface area (Å²) in [6, 6.07) is 6.50. The Labute approximate surface area is 93.1 Å². The first kappa shape index (κ1) is 12.3. The van der Waals surface area contributed by atoms with Crippen molar-refractivity contribution >= 4 is 0 Å². The molecule has 0 aliphatic rings. The number of hydrogen-bond acceptors (Lipinski definition) is 1. The molecule has 1 aromatic carbocycles. The maximum atomic E-state index is 10.0. The minimum Gasteiger partial charge on any atom is -0.392 e. The van der Waals surface area contributed by atoms with E-state index >= 15 is 0 Å². The molecule has 15 heavy (non-hydrogen) atoms. The van der Waals surface area contributed by atoms with Gasteiger partial charge >= 0.3 is 0 Å². The molecule has 0 aliphatic carbocycles. The van der Waals surface area contributed by atoms with Gasteiger partial charge in [0.15, 0.2) is 0 Å². The van der Waals surface area contributed by atoms with Crippen molar-refractivity contribution in [1.29, 1.82) is 0 Å². The van der Waals surface area contributed by atoms with Crippen LogP contribution in [-0.2, 0) is 0 Å². The fourth-order valence-corrected chi connectivity index (χ4v) is 2.05. The molecule has 1 heteroatoms. The van der Waals surface area contributed by atoms with Crippen LogP contribution < -0.4 is 0 Å². The van der Waals surface area contributed by atoms with E-state index in [0.29, 0.717) is 5.92 Å². The summed E-state index contributed by atoms with van der Waals surface area (Å²) in [6.07, 6.45) is -0.258. The Hall–Kier alpha value is -0.820. The predicted octanol–water partition coefficient (Wildman–Crippen LogP) is 3.42. The van der Waals surface area contributed by atoms with Gasteiger partial charge in [0.25, 0.3) is 0 Å². The molecule has 0 amide bonds. The van der Waals surface area contributed by atoms with Gasteiger partial charge in [0, 0.05) is 5.92 Å². The molecule has 1 aromatic rings. The van der Waals surface area contributed by atoms with E-state index in [4.69, 9.17) is 0 Å². The Morgan fingerprint density at radius 3 is 1.80 bits per heavy atom. The van der Waals surface area contributed by atoms with Crippen LogP contribution in [0.15, 0.2) is 18.2 Å². The zero-order chi connectivity index (χ0) is 11.6. The average molecular weight is 206 g/mol. The Morgan fingerprint density at radius 1 is 0.933 bits per heavy atom. The van der Waals surface area contributed by atoms with Crippen molar-refractivity contribution in [3.63, 3.8) is 0 Å². The number of aliphatic hydroxyl groups excluding tert-OH is 1. The molecule has 0 fully saturated rings. The van der Waals surface area contributed by atoms with Crippen LogP contribution in [0.1, 0.15) is 43.4 Å². The van der Waals surface area contributed by atoms with Gasteiger partial charge in [-0.25, -0.2) is 0 Å². The van der Waals surface area contributed by atoms with Crippen molar-refractivity contribution in [2.24, 2.45) is 5.92 Å². The standard InChI is InChI=1S/C14H22O/c1-9(2)14(15)12(5)13-7-10(3)6-11(4)8-13/h6-9,12,14-15H,1-5H3. The van der Waals surface area contributed by atoms with Gasteiger partial charge in [-0.15, -0.1) is 0 Å². The highest BCUT2D eigenvalue weighted by molar-refractivity contribution is 5.31.